The van der Waals surface area contributed by atoms with Gasteiger partial charge in [0.15, 0.2) is 17.5 Å². The molecule has 6 rings (SSSR count). The van der Waals surface area contributed by atoms with Crippen molar-refractivity contribution >= 4 is 37.4 Å². The van der Waals surface area contributed by atoms with Crippen LogP contribution in [0.5, 0.6) is 0 Å². The van der Waals surface area contributed by atoms with Crippen LogP contribution < -0.4 is 5.19 Å². The molecular weight excluding hydrogens is 739 g/mol. The lowest BCUT2D eigenvalue weighted by molar-refractivity contribution is -0.530. The van der Waals surface area contributed by atoms with Crippen molar-refractivity contribution in [3.05, 3.63) is 170 Å². The van der Waals surface area contributed by atoms with Gasteiger partial charge in [0.2, 0.25) is 5.70 Å². The maximum Gasteiger partial charge on any atom is 0.234 e. The van der Waals surface area contributed by atoms with E-state index in [1.165, 1.54) is 16.3 Å². The Kier molecular flexibility index (Phi) is 12.0. The number of rotatable bonds is 7. The molecule has 3 aromatic carbocycles. The van der Waals surface area contributed by atoms with Crippen LogP contribution in [-0.4, -0.2) is 35.2 Å². The zero-order valence-electron chi connectivity index (χ0n) is 37.0. The minimum Gasteiger partial charge on any atom is -0.623 e. The number of hydrogen-bond acceptors (Lipinski definition) is 3. The molecule has 6 heteroatoms. The Bertz CT molecular complexity index is 2540. The van der Waals surface area contributed by atoms with E-state index in [2.05, 4.69) is 145 Å². The number of hydroxylamine groups is 3. The molecule has 0 bridgehead atoms. The largest absolute Gasteiger partial charge is 0.623 e. The van der Waals surface area contributed by atoms with E-state index in [1.54, 1.807) is 6.21 Å². The topological polar surface area (TPSA) is 42.9 Å². The normalized spacial score (nSPS) is 15.6. The van der Waals surface area contributed by atoms with Gasteiger partial charge >= 0.3 is 0 Å². The minimum atomic E-state index is -2.42. The quantitative estimate of drug-likeness (QED) is 0.0241. The molecule has 0 saturated heterocycles. The summed E-state index contributed by atoms with van der Waals surface area (Å²) in [6, 6.07) is 34.7. The highest BCUT2D eigenvalue weighted by molar-refractivity contribution is 6.93. The summed E-state index contributed by atoms with van der Waals surface area (Å²) in [6.07, 6.45) is 7.09. The Labute approximate surface area is 354 Å². The van der Waals surface area contributed by atoms with E-state index >= 15 is 0 Å². The number of aryl methyl sites for hydroxylation is 1. The first-order valence-electron chi connectivity index (χ1n) is 20.7. The third kappa shape index (κ3) is 9.01. The summed E-state index contributed by atoms with van der Waals surface area (Å²) < 4.78 is 1.09. The number of hydrogen-bond donors (Lipinski definition) is 0. The van der Waals surface area contributed by atoms with Crippen LogP contribution >= 0.6 is 0 Å². The average Bonchev–Trinajstić information content (AvgIpc) is 3.60. The summed E-state index contributed by atoms with van der Waals surface area (Å²) in [4.78, 5) is 11.3. The van der Waals surface area contributed by atoms with E-state index in [1.807, 2.05) is 74.4 Å². The summed E-state index contributed by atoms with van der Waals surface area (Å²) in [5.41, 5.74) is 9.54. The van der Waals surface area contributed by atoms with Crippen molar-refractivity contribution in [3.63, 3.8) is 0 Å². The van der Waals surface area contributed by atoms with Gasteiger partial charge in [-0.15, -0.1) is 5.06 Å². The molecule has 1 heterocycles. The molecule has 5 nitrogen and oxygen atoms in total. The Morgan fingerprint density at radius 2 is 1.37 bits per heavy atom. The van der Waals surface area contributed by atoms with Crippen LogP contribution in [0.4, 0.5) is 0 Å². The number of benzene rings is 3. The second kappa shape index (κ2) is 16.5. The Morgan fingerprint density at radius 3 is 1.97 bits per heavy atom. The summed E-state index contributed by atoms with van der Waals surface area (Å²) in [5, 5.41) is 17.0. The van der Waals surface area contributed by atoms with Crippen molar-refractivity contribution in [3.8, 4) is 23.0 Å². The molecule has 0 aromatic heterocycles. The van der Waals surface area contributed by atoms with Crippen molar-refractivity contribution in [2.45, 2.75) is 111 Å². The molecule has 0 radical (unpaired) electrons. The molecule has 3 aliphatic rings. The van der Waals surface area contributed by atoms with E-state index in [0.717, 1.165) is 55.7 Å². The van der Waals surface area contributed by atoms with Crippen LogP contribution in [0.1, 0.15) is 120 Å². The first-order valence-corrected chi connectivity index (χ1v) is 23.7. The second-order valence-electron chi connectivity index (χ2n) is 19.1. The zero-order valence-corrected chi connectivity index (χ0v) is 38.0. The molecule has 1 atom stereocenters. The highest BCUT2D eigenvalue weighted by Gasteiger charge is 2.51. The van der Waals surface area contributed by atoms with Gasteiger partial charge in [-0.1, -0.05) is 144 Å². The standard InChI is InChI=1S/C53H59N3O2Si/c1-14-37-21-18-22-38(33-37)29-30-39-23-19-24-40(34-39)31-32-41-25-20-26-42(35-41)49-47(54-11)48(56(58-49)52(5,6)7)46-44-28-17-15-16-27-43(44)45(36-55(57)51(2,3)4)50(46)59(12,13)53(8,9)10/h15-30,33-36,48H,14H2,1-10,12-13H3/b30-29-,55-36-. The second-order valence-corrected chi connectivity index (χ2v) is 24.4. The average molecular weight is 798 g/mol. The predicted octanol–water partition coefficient (Wildman–Crippen LogP) is 12.7. The third-order valence-electron chi connectivity index (χ3n) is 11.7. The molecule has 0 spiro atoms. The van der Waals surface area contributed by atoms with E-state index in [9.17, 15) is 5.21 Å². The van der Waals surface area contributed by atoms with Crippen molar-refractivity contribution in [2.24, 2.45) is 0 Å². The fraction of sp³-hybridized carbons (Fsp3) is 0.321. The van der Waals surface area contributed by atoms with Crippen LogP contribution in [-0.2, 0) is 11.3 Å². The zero-order chi connectivity index (χ0) is 42.9. The van der Waals surface area contributed by atoms with Gasteiger partial charge in [-0.2, -0.15) is 0 Å². The monoisotopic (exact) mass is 797 g/mol. The van der Waals surface area contributed by atoms with Gasteiger partial charge in [0.05, 0.1) is 14.6 Å². The molecule has 3 aromatic rings. The predicted molar refractivity (Wildman–Crippen MR) is 251 cm³/mol. The molecule has 0 N–H and O–H groups in total. The lowest BCUT2D eigenvalue weighted by Crippen LogP contribution is -2.53. The maximum absolute atomic E-state index is 13.9. The van der Waals surface area contributed by atoms with Gasteiger partial charge in [-0.05, 0) is 95.1 Å². The molecule has 1 aliphatic heterocycles. The van der Waals surface area contributed by atoms with E-state index < -0.39 is 25.2 Å². The van der Waals surface area contributed by atoms with Gasteiger partial charge < -0.3 is 10.0 Å². The van der Waals surface area contributed by atoms with Crippen LogP contribution in [0.3, 0.4) is 0 Å². The Morgan fingerprint density at radius 1 is 0.780 bits per heavy atom. The van der Waals surface area contributed by atoms with Crippen LogP contribution in [0.2, 0.25) is 18.1 Å². The molecule has 59 heavy (non-hydrogen) atoms. The number of fused-ring (bicyclic) bond motifs is 1. The summed E-state index contributed by atoms with van der Waals surface area (Å²) in [7, 11) is -2.42. The minimum absolute atomic E-state index is 0.0768. The molecule has 302 valence electrons. The first kappa shape index (κ1) is 42.9. The lowest BCUT2D eigenvalue weighted by atomic mass is 9.95. The molecule has 1 unspecified atom stereocenters. The van der Waals surface area contributed by atoms with Crippen molar-refractivity contribution in [2.75, 3.05) is 0 Å². The molecular formula is C53H59N3O2Si. The van der Waals surface area contributed by atoms with Gasteiger partial charge in [0.25, 0.3) is 0 Å². The van der Waals surface area contributed by atoms with Crippen LogP contribution in [0.15, 0.2) is 109 Å². The SMILES string of the molecule is [C-]#[N+]C1=C(c2cccc(C#Cc3cccc(/C=C\c4cccc(CC)c4)c3)c2)ON(C(C)(C)C)C1c1c2cccccc-2c(/C=[N+](\[O-])C(C)(C)C)c1[Si](C)(C)C(C)(C)C. The molecule has 0 fully saturated rings. The van der Waals surface area contributed by atoms with Gasteiger partial charge in [-0.3, -0.25) is 0 Å². The van der Waals surface area contributed by atoms with Crippen molar-refractivity contribution < 1.29 is 9.58 Å². The maximum atomic E-state index is 13.9. The highest BCUT2D eigenvalue weighted by Crippen LogP contribution is 2.51. The summed E-state index contributed by atoms with van der Waals surface area (Å²) in [5.74, 6) is 7.30. The van der Waals surface area contributed by atoms with Gasteiger partial charge in [-0.25, -0.2) is 9.58 Å². The summed E-state index contributed by atoms with van der Waals surface area (Å²) >= 11 is 0. The van der Waals surface area contributed by atoms with Crippen LogP contribution in [0.25, 0.3) is 33.9 Å². The fourth-order valence-corrected chi connectivity index (χ4v) is 10.0. The van der Waals surface area contributed by atoms with Gasteiger partial charge in [0, 0.05) is 48.6 Å². The van der Waals surface area contributed by atoms with E-state index in [-0.39, 0.29) is 5.04 Å². The highest BCUT2D eigenvalue weighted by atomic mass is 28.3. The Balaban J connectivity index is 1.50. The molecule has 2 aliphatic carbocycles. The smallest absolute Gasteiger partial charge is 0.234 e. The molecule has 0 saturated carbocycles. The Hall–Kier alpha value is -5.66. The number of nitrogens with zero attached hydrogens (tertiary/aromatic N) is 3. The van der Waals surface area contributed by atoms with Crippen molar-refractivity contribution in [1.82, 2.24) is 5.06 Å². The lowest BCUT2D eigenvalue weighted by Gasteiger charge is -2.41. The molecule has 0 amide bonds. The van der Waals surface area contributed by atoms with E-state index in [0.29, 0.717) is 11.5 Å². The van der Waals surface area contributed by atoms with Crippen LogP contribution in [0, 0.1) is 23.6 Å². The summed E-state index contributed by atoms with van der Waals surface area (Å²) in [6.45, 7) is 34.9. The van der Waals surface area contributed by atoms with Gasteiger partial charge in [0.1, 0.15) is 6.04 Å². The fourth-order valence-electron chi connectivity index (χ4n) is 7.44. The third-order valence-corrected chi connectivity index (χ3v) is 17.3. The van der Waals surface area contributed by atoms with Crippen molar-refractivity contribution in [1.29, 1.82) is 0 Å². The first-order chi connectivity index (χ1) is 27.7. The van der Waals surface area contributed by atoms with E-state index in [4.69, 9.17) is 11.4 Å².